The summed E-state index contributed by atoms with van der Waals surface area (Å²) in [6.45, 7) is 0. The SMILES string of the molecule is O=C(NS(=O)(=O)C=Cc1ccccc1)c1ccc(F)cc1Br. The fourth-order valence-corrected chi connectivity index (χ4v) is 2.93. The lowest BCUT2D eigenvalue weighted by Gasteiger charge is -2.05. The minimum Gasteiger partial charge on any atom is -0.268 e. The maximum absolute atomic E-state index is 13.0. The van der Waals surface area contributed by atoms with E-state index in [1.165, 1.54) is 12.1 Å². The highest BCUT2D eigenvalue weighted by Gasteiger charge is 2.16. The zero-order valence-electron chi connectivity index (χ0n) is 11.2. The van der Waals surface area contributed by atoms with E-state index < -0.39 is 21.7 Å². The zero-order valence-corrected chi connectivity index (χ0v) is 13.6. The lowest BCUT2D eigenvalue weighted by Crippen LogP contribution is -2.29. The molecular weight excluding hydrogens is 373 g/mol. The molecule has 2 aromatic rings. The van der Waals surface area contributed by atoms with Gasteiger partial charge in [0.05, 0.1) is 11.0 Å². The van der Waals surface area contributed by atoms with E-state index in [-0.39, 0.29) is 10.0 Å². The topological polar surface area (TPSA) is 63.2 Å². The molecule has 2 aromatic carbocycles. The maximum atomic E-state index is 13.0. The van der Waals surface area contributed by atoms with E-state index in [2.05, 4.69) is 15.9 Å². The van der Waals surface area contributed by atoms with Gasteiger partial charge in [0, 0.05) is 4.47 Å². The van der Waals surface area contributed by atoms with Crippen molar-refractivity contribution in [2.45, 2.75) is 0 Å². The summed E-state index contributed by atoms with van der Waals surface area (Å²) in [4.78, 5) is 11.9. The lowest BCUT2D eigenvalue weighted by atomic mass is 10.2. The van der Waals surface area contributed by atoms with Crippen molar-refractivity contribution >= 4 is 37.9 Å². The minimum absolute atomic E-state index is 0.0260. The third-order valence-corrected chi connectivity index (χ3v) is 4.27. The van der Waals surface area contributed by atoms with Gasteiger partial charge >= 0.3 is 0 Å². The van der Waals surface area contributed by atoms with Gasteiger partial charge in [0.15, 0.2) is 0 Å². The van der Waals surface area contributed by atoms with E-state index in [1.807, 2.05) is 4.72 Å². The van der Waals surface area contributed by atoms with Crippen molar-refractivity contribution < 1.29 is 17.6 Å². The van der Waals surface area contributed by atoms with Crippen LogP contribution in [0.2, 0.25) is 0 Å². The fourth-order valence-electron chi connectivity index (χ4n) is 1.62. The monoisotopic (exact) mass is 383 g/mol. The molecule has 0 aliphatic rings. The Kier molecular flexibility index (Phi) is 5.10. The van der Waals surface area contributed by atoms with E-state index in [9.17, 15) is 17.6 Å². The molecule has 7 heteroatoms. The summed E-state index contributed by atoms with van der Waals surface area (Å²) in [7, 11) is -3.95. The molecule has 0 aliphatic heterocycles. The van der Waals surface area contributed by atoms with Crippen LogP contribution in [0.1, 0.15) is 15.9 Å². The Bertz CT molecular complexity index is 820. The van der Waals surface area contributed by atoms with Gasteiger partial charge in [-0.05, 0) is 45.8 Å². The summed E-state index contributed by atoms with van der Waals surface area (Å²) < 4.78 is 38.8. The summed E-state index contributed by atoms with van der Waals surface area (Å²) in [5.41, 5.74) is 0.710. The van der Waals surface area contributed by atoms with Crippen LogP contribution in [-0.4, -0.2) is 14.3 Å². The van der Waals surface area contributed by atoms with Crippen molar-refractivity contribution in [3.8, 4) is 0 Å². The number of carbonyl (C=O) groups excluding carboxylic acids is 1. The molecule has 1 N–H and O–H groups in total. The quantitative estimate of drug-likeness (QED) is 0.880. The predicted molar refractivity (Wildman–Crippen MR) is 86.0 cm³/mol. The van der Waals surface area contributed by atoms with Crippen LogP contribution >= 0.6 is 15.9 Å². The summed E-state index contributed by atoms with van der Waals surface area (Å²) in [5, 5.41) is 0.900. The van der Waals surface area contributed by atoms with Gasteiger partial charge in [0.2, 0.25) is 0 Å². The molecule has 2 rings (SSSR count). The van der Waals surface area contributed by atoms with E-state index in [1.54, 1.807) is 30.3 Å². The molecule has 0 bridgehead atoms. The first kappa shape index (κ1) is 16.4. The molecule has 0 fully saturated rings. The number of benzene rings is 2. The van der Waals surface area contributed by atoms with Gasteiger partial charge in [-0.15, -0.1) is 0 Å². The van der Waals surface area contributed by atoms with Gasteiger partial charge in [-0.3, -0.25) is 4.79 Å². The van der Waals surface area contributed by atoms with Gasteiger partial charge in [-0.25, -0.2) is 17.5 Å². The number of hydrogen-bond acceptors (Lipinski definition) is 3. The van der Waals surface area contributed by atoms with E-state index in [0.29, 0.717) is 5.56 Å². The van der Waals surface area contributed by atoms with Crippen LogP contribution in [0.15, 0.2) is 58.4 Å². The normalized spacial score (nSPS) is 11.5. The highest BCUT2D eigenvalue weighted by Crippen LogP contribution is 2.18. The number of hydrogen-bond donors (Lipinski definition) is 1. The molecule has 0 unspecified atom stereocenters. The van der Waals surface area contributed by atoms with Crippen LogP contribution in [0.3, 0.4) is 0 Å². The van der Waals surface area contributed by atoms with Crippen LogP contribution in [-0.2, 0) is 10.0 Å². The lowest BCUT2D eigenvalue weighted by molar-refractivity contribution is 0.0981. The molecule has 0 radical (unpaired) electrons. The summed E-state index contributed by atoms with van der Waals surface area (Å²) in [6.07, 6.45) is 1.37. The van der Waals surface area contributed by atoms with Crippen molar-refractivity contribution in [1.82, 2.24) is 4.72 Å². The van der Waals surface area contributed by atoms with Crippen molar-refractivity contribution in [2.75, 3.05) is 0 Å². The third kappa shape index (κ3) is 4.51. The molecule has 0 spiro atoms. The Labute approximate surface area is 135 Å². The summed E-state index contributed by atoms with van der Waals surface area (Å²) in [5.74, 6) is -1.38. The molecule has 0 atom stereocenters. The van der Waals surface area contributed by atoms with Gasteiger partial charge in [0.1, 0.15) is 5.82 Å². The molecule has 0 aromatic heterocycles. The van der Waals surface area contributed by atoms with Crippen LogP contribution in [0.25, 0.3) is 6.08 Å². The predicted octanol–water partition coefficient (Wildman–Crippen LogP) is 3.32. The number of amides is 1. The second kappa shape index (κ2) is 6.85. The Morgan fingerprint density at radius 2 is 1.82 bits per heavy atom. The molecule has 4 nitrogen and oxygen atoms in total. The molecule has 1 amide bonds. The Morgan fingerprint density at radius 3 is 2.45 bits per heavy atom. The zero-order chi connectivity index (χ0) is 16.2. The Balaban J connectivity index is 2.14. The average Bonchev–Trinajstić information content (AvgIpc) is 2.45. The van der Waals surface area contributed by atoms with Gasteiger partial charge in [-0.1, -0.05) is 30.3 Å². The van der Waals surface area contributed by atoms with Crippen LogP contribution in [0.5, 0.6) is 0 Å². The maximum Gasteiger partial charge on any atom is 0.266 e. The van der Waals surface area contributed by atoms with Crippen molar-refractivity contribution in [1.29, 1.82) is 0 Å². The number of rotatable bonds is 4. The van der Waals surface area contributed by atoms with Gasteiger partial charge in [-0.2, -0.15) is 0 Å². The first-order chi connectivity index (χ1) is 10.4. The van der Waals surface area contributed by atoms with Crippen LogP contribution < -0.4 is 4.72 Å². The van der Waals surface area contributed by atoms with Crippen LogP contribution in [0, 0.1) is 5.82 Å². The Morgan fingerprint density at radius 1 is 1.14 bits per heavy atom. The molecule has 0 aliphatic carbocycles. The van der Waals surface area contributed by atoms with E-state index in [0.717, 1.165) is 17.5 Å². The third-order valence-electron chi connectivity index (χ3n) is 2.65. The number of carbonyl (C=O) groups is 1. The van der Waals surface area contributed by atoms with Gasteiger partial charge < -0.3 is 0 Å². The summed E-state index contributed by atoms with van der Waals surface area (Å²) >= 11 is 3.02. The highest BCUT2D eigenvalue weighted by atomic mass is 79.9. The second-order valence-corrected chi connectivity index (χ2v) is 6.73. The number of halogens is 2. The molecule has 0 saturated heterocycles. The average molecular weight is 384 g/mol. The van der Waals surface area contributed by atoms with E-state index in [4.69, 9.17) is 0 Å². The molecule has 114 valence electrons. The van der Waals surface area contributed by atoms with Crippen molar-refractivity contribution in [2.24, 2.45) is 0 Å². The summed E-state index contributed by atoms with van der Waals surface area (Å²) in [6, 6.07) is 12.1. The standard InChI is InChI=1S/C15H11BrFNO3S/c16-14-10-12(17)6-7-13(14)15(19)18-22(20,21)9-8-11-4-2-1-3-5-11/h1-10H,(H,18,19). The number of sulfonamides is 1. The first-order valence-corrected chi connectivity index (χ1v) is 8.47. The van der Waals surface area contributed by atoms with Crippen molar-refractivity contribution in [3.05, 3.63) is 75.4 Å². The minimum atomic E-state index is -3.95. The number of nitrogens with one attached hydrogen (secondary N) is 1. The largest absolute Gasteiger partial charge is 0.268 e. The Hall–Kier alpha value is -1.99. The fraction of sp³-hybridized carbons (Fsp3) is 0. The first-order valence-electron chi connectivity index (χ1n) is 6.13. The highest BCUT2D eigenvalue weighted by molar-refractivity contribution is 9.10. The van der Waals surface area contributed by atoms with Crippen LogP contribution in [0.4, 0.5) is 4.39 Å². The molecule has 22 heavy (non-hydrogen) atoms. The smallest absolute Gasteiger partial charge is 0.266 e. The van der Waals surface area contributed by atoms with E-state index >= 15 is 0 Å². The van der Waals surface area contributed by atoms with Gasteiger partial charge in [0.25, 0.3) is 15.9 Å². The second-order valence-electron chi connectivity index (χ2n) is 4.31. The molecule has 0 saturated carbocycles. The van der Waals surface area contributed by atoms with Crippen molar-refractivity contribution in [3.63, 3.8) is 0 Å². The molecule has 0 heterocycles. The molecular formula is C15H11BrFNO3S.